The van der Waals surface area contributed by atoms with Gasteiger partial charge in [0, 0.05) is 16.6 Å². The molecule has 1 amide bonds. The van der Waals surface area contributed by atoms with E-state index in [9.17, 15) is 4.79 Å². The fourth-order valence-electron chi connectivity index (χ4n) is 2.61. The van der Waals surface area contributed by atoms with Gasteiger partial charge in [0.2, 0.25) is 0 Å². The summed E-state index contributed by atoms with van der Waals surface area (Å²) in [4.78, 5) is 16.7. The average Bonchev–Trinajstić information content (AvgIpc) is 2.65. The summed E-state index contributed by atoms with van der Waals surface area (Å²) in [7, 11) is 0. The molecule has 0 spiro atoms. The Morgan fingerprint density at radius 1 is 1.11 bits per heavy atom. The van der Waals surface area contributed by atoms with E-state index >= 15 is 0 Å². The summed E-state index contributed by atoms with van der Waals surface area (Å²) in [6, 6.07) is 14.3. The Bertz CT molecular complexity index is 1010. The number of aryl methyl sites for hydroxylation is 1. The molecular weight excluding hydrogens is 419 g/mol. The van der Waals surface area contributed by atoms with Crippen LogP contribution in [0.2, 0.25) is 15.2 Å². The van der Waals surface area contributed by atoms with Crippen molar-refractivity contribution in [2.24, 2.45) is 0 Å². The van der Waals surface area contributed by atoms with E-state index in [2.05, 4.69) is 10.3 Å². The molecule has 1 heterocycles. The lowest BCUT2D eigenvalue weighted by atomic mass is 10.1. The van der Waals surface area contributed by atoms with Crippen molar-refractivity contribution in [3.8, 4) is 11.5 Å². The van der Waals surface area contributed by atoms with Gasteiger partial charge in [-0.2, -0.15) is 0 Å². The van der Waals surface area contributed by atoms with Gasteiger partial charge in [0.05, 0.1) is 11.8 Å². The lowest BCUT2D eigenvalue weighted by molar-refractivity contribution is 0.0951. The molecule has 1 aromatic heterocycles. The van der Waals surface area contributed by atoms with Crippen LogP contribution in [-0.4, -0.2) is 17.4 Å². The number of ether oxygens (including phenoxy) is 1. The summed E-state index contributed by atoms with van der Waals surface area (Å²) in [6.45, 7) is 2.35. The van der Waals surface area contributed by atoms with Gasteiger partial charge in [0.25, 0.3) is 5.91 Å². The van der Waals surface area contributed by atoms with Crippen LogP contribution in [-0.2, 0) is 6.42 Å². The molecule has 3 aromatic rings. The average molecular weight is 436 g/mol. The molecule has 0 saturated carbocycles. The normalized spacial score (nSPS) is 10.6. The zero-order chi connectivity index (χ0) is 20.1. The molecule has 1 N–H and O–H groups in total. The molecule has 0 saturated heterocycles. The summed E-state index contributed by atoms with van der Waals surface area (Å²) in [6.07, 6.45) is 2.00. The minimum atomic E-state index is -0.308. The topological polar surface area (TPSA) is 51.2 Å². The van der Waals surface area contributed by atoms with Gasteiger partial charge in [-0.05, 0) is 54.8 Å². The number of amides is 1. The lowest BCUT2D eigenvalue weighted by Gasteiger charge is -2.12. The number of carbonyl (C=O) groups excluding carboxylic acids is 1. The zero-order valence-electron chi connectivity index (χ0n) is 15.0. The number of hydrogen-bond donors (Lipinski definition) is 1. The van der Waals surface area contributed by atoms with Crippen molar-refractivity contribution in [3.05, 3.63) is 86.6 Å². The molecule has 0 aliphatic carbocycles. The van der Waals surface area contributed by atoms with Crippen molar-refractivity contribution in [3.63, 3.8) is 0 Å². The molecule has 0 aliphatic heterocycles. The van der Waals surface area contributed by atoms with E-state index in [4.69, 9.17) is 39.5 Å². The van der Waals surface area contributed by atoms with Gasteiger partial charge in [-0.15, -0.1) is 0 Å². The quantitative estimate of drug-likeness (QED) is 0.475. The number of halogens is 3. The van der Waals surface area contributed by atoms with Gasteiger partial charge in [0.15, 0.2) is 5.75 Å². The van der Waals surface area contributed by atoms with Crippen LogP contribution in [0.25, 0.3) is 0 Å². The number of nitrogens with one attached hydrogen (secondary N) is 1. The molecule has 0 fully saturated rings. The van der Waals surface area contributed by atoms with Gasteiger partial charge in [-0.25, -0.2) is 4.98 Å². The Morgan fingerprint density at radius 3 is 2.68 bits per heavy atom. The molecular formula is C21H17Cl3N2O2. The van der Waals surface area contributed by atoms with Gasteiger partial charge in [-0.1, -0.05) is 53.0 Å². The molecule has 4 nitrogen and oxygen atoms in total. The molecule has 0 bridgehead atoms. The molecule has 0 atom stereocenters. The van der Waals surface area contributed by atoms with Crippen LogP contribution in [0.15, 0.2) is 54.7 Å². The van der Waals surface area contributed by atoms with Gasteiger partial charge >= 0.3 is 0 Å². The van der Waals surface area contributed by atoms with Crippen molar-refractivity contribution in [2.75, 3.05) is 6.54 Å². The maximum atomic E-state index is 12.7. The highest BCUT2D eigenvalue weighted by Crippen LogP contribution is 2.27. The third-order valence-corrected chi connectivity index (χ3v) is 4.78. The van der Waals surface area contributed by atoms with Gasteiger partial charge in [0.1, 0.15) is 10.9 Å². The summed E-state index contributed by atoms with van der Waals surface area (Å²) in [5, 5.41) is 4.21. The Kier molecular flexibility index (Phi) is 6.79. The number of rotatable bonds is 6. The highest BCUT2D eigenvalue weighted by Gasteiger charge is 2.15. The summed E-state index contributed by atoms with van der Waals surface area (Å²) in [5.41, 5.74) is 2.25. The SMILES string of the molecule is Cc1cccc(Oc2cnc(Cl)cc2C(=O)NCCc2ccc(Cl)cc2Cl)c1. The molecule has 7 heteroatoms. The van der Waals surface area contributed by atoms with Crippen LogP contribution < -0.4 is 10.1 Å². The largest absolute Gasteiger partial charge is 0.455 e. The predicted octanol–water partition coefficient (Wildman–Crippen LogP) is 6.12. The van der Waals surface area contributed by atoms with Crippen molar-refractivity contribution in [1.29, 1.82) is 0 Å². The lowest BCUT2D eigenvalue weighted by Crippen LogP contribution is -2.26. The van der Waals surface area contributed by atoms with E-state index in [1.165, 1.54) is 12.3 Å². The van der Waals surface area contributed by atoms with Gasteiger partial charge < -0.3 is 10.1 Å². The van der Waals surface area contributed by atoms with E-state index in [-0.39, 0.29) is 11.1 Å². The Hall–Kier alpha value is -2.27. The Balaban J connectivity index is 1.71. The van der Waals surface area contributed by atoms with Crippen molar-refractivity contribution < 1.29 is 9.53 Å². The summed E-state index contributed by atoms with van der Waals surface area (Å²) < 4.78 is 5.85. The van der Waals surface area contributed by atoms with E-state index in [1.807, 2.05) is 37.3 Å². The van der Waals surface area contributed by atoms with Crippen molar-refractivity contribution in [2.45, 2.75) is 13.3 Å². The minimum Gasteiger partial charge on any atom is -0.455 e. The van der Waals surface area contributed by atoms with Crippen LogP contribution in [0, 0.1) is 6.92 Å². The first-order valence-corrected chi connectivity index (χ1v) is 9.68. The highest BCUT2D eigenvalue weighted by atomic mass is 35.5. The second-order valence-electron chi connectivity index (χ2n) is 6.16. The van der Waals surface area contributed by atoms with E-state index in [0.717, 1.165) is 11.1 Å². The zero-order valence-corrected chi connectivity index (χ0v) is 17.3. The van der Waals surface area contributed by atoms with Crippen molar-refractivity contribution in [1.82, 2.24) is 10.3 Å². The summed E-state index contributed by atoms with van der Waals surface area (Å²) in [5.74, 6) is 0.639. The highest BCUT2D eigenvalue weighted by molar-refractivity contribution is 6.35. The minimum absolute atomic E-state index is 0.211. The molecule has 144 valence electrons. The number of hydrogen-bond acceptors (Lipinski definition) is 3. The van der Waals surface area contributed by atoms with Crippen LogP contribution >= 0.6 is 34.8 Å². The fraction of sp³-hybridized carbons (Fsp3) is 0.143. The second-order valence-corrected chi connectivity index (χ2v) is 7.39. The van der Waals surface area contributed by atoms with E-state index < -0.39 is 0 Å². The number of benzene rings is 2. The monoisotopic (exact) mass is 434 g/mol. The van der Waals surface area contributed by atoms with Crippen LogP contribution in [0.1, 0.15) is 21.5 Å². The van der Waals surface area contributed by atoms with Crippen LogP contribution in [0.3, 0.4) is 0 Å². The number of aromatic nitrogens is 1. The Morgan fingerprint density at radius 2 is 1.93 bits per heavy atom. The van der Waals surface area contributed by atoms with E-state index in [0.29, 0.717) is 40.1 Å². The fourth-order valence-corrected chi connectivity index (χ4v) is 3.27. The Labute approximate surface area is 178 Å². The third kappa shape index (κ3) is 5.38. The van der Waals surface area contributed by atoms with Crippen LogP contribution in [0.5, 0.6) is 11.5 Å². The number of carbonyl (C=O) groups is 1. The van der Waals surface area contributed by atoms with Crippen molar-refractivity contribution >= 4 is 40.7 Å². The van der Waals surface area contributed by atoms with E-state index in [1.54, 1.807) is 12.1 Å². The molecule has 0 aliphatic rings. The molecule has 0 radical (unpaired) electrons. The number of pyridine rings is 1. The smallest absolute Gasteiger partial charge is 0.255 e. The standard InChI is InChI=1S/C21H17Cl3N2O2/c1-13-3-2-4-16(9-13)28-19-12-26-20(24)11-17(19)21(27)25-8-7-14-5-6-15(22)10-18(14)23/h2-6,9-12H,7-8H2,1H3,(H,25,27). The molecule has 2 aromatic carbocycles. The predicted molar refractivity (Wildman–Crippen MR) is 113 cm³/mol. The maximum absolute atomic E-state index is 12.7. The van der Waals surface area contributed by atoms with Crippen LogP contribution in [0.4, 0.5) is 0 Å². The van der Waals surface area contributed by atoms with Gasteiger partial charge in [-0.3, -0.25) is 4.79 Å². The summed E-state index contributed by atoms with van der Waals surface area (Å²) >= 11 is 18.0. The number of nitrogens with zero attached hydrogens (tertiary/aromatic N) is 1. The molecule has 28 heavy (non-hydrogen) atoms. The molecule has 3 rings (SSSR count). The third-order valence-electron chi connectivity index (χ3n) is 3.99. The first-order chi connectivity index (χ1) is 13.4. The first-order valence-electron chi connectivity index (χ1n) is 8.54. The maximum Gasteiger partial charge on any atom is 0.255 e. The first kappa shape index (κ1) is 20.5. The second kappa shape index (κ2) is 9.28. The molecule has 0 unspecified atom stereocenters.